The van der Waals surface area contributed by atoms with Gasteiger partial charge in [-0.15, -0.1) is 0 Å². The third-order valence-electron chi connectivity index (χ3n) is 4.77. The number of primary amides is 1. The van der Waals surface area contributed by atoms with Crippen molar-refractivity contribution in [2.24, 2.45) is 17.4 Å². The van der Waals surface area contributed by atoms with E-state index < -0.39 is 11.9 Å². The number of halogens is 2. The third kappa shape index (κ3) is 3.10. The lowest BCUT2D eigenvalue weighted by atomic mass is 10.1. The Kier molecular flexibility index (Phi) is 4.42. The number of aromatic nitrogens is 2. The molecule has 4 N–H and O–H groups in total. The summed E-state index contributed by atoms with van der Waals surface area (Å²) in [4.78, 5) is 29.5. The molecular formula is C19H16Cl2N4O2. The van der Waals surface area contributed by atoms with Crippen molar-refractivity contribution >= 4 is 40.0 Å². The molecule has 0 aliphatic heterocycles. The van der Waals surface area contributed by atoms with Crippen molar-refractivity contribution in [1.82, 2.24) is 9.55 Å². The van der Waals surface area contributed by atoms with Crippen molar-refractivity contribution in [3.63, 3.8) is 0 Å². The second-order valence-electron chi connectivity index (χ2n) is 6.64. The van der Waals surface area contributed by atoms with E-state index in [2.05, 4.69) is 4.98 Å². The predicted molar refractivity (Wildman–Crippen MR) is 106 cm³/mol. The first kappa shape index (κ1) is 18.0. The van der Waals surface area contributed by atoms with Crippen molar-refractivity contribution in [2.75, 3.05) is 0 Å². The summed E-state index contributed by atoms with van der Waals surface area (Å²) in [6.45, 7) is 0. The molecule has 6 nitrogen and oxygen atoms in total. The number of rotatable bonds is 4. The number of carbonyl (C=O) groups is 1. The Balaban J connectivity index is 2.08. The van der Waals surface area contributed by atoms with E-state index in [1.807, 2.05) is 0 Å². The Bertz CT molecular complexity index is 1140. The van der Waals surface area contributed by atoms with Gasteiger partial charge in [0.25, 0.3) is 5.56 Å². The van der Waals surface area contributed by atoms with Crippen LogP contribution in [-0.4, -0.2) is 15.5 Å². The average molecular weight is 403 g/mol. The van der Waals surface area contributed by atoms with Crippen molar-refractivity contribution in [2.45, 2.75) is 18.9 Å². The molecule has 0 spiro atoms. The number of hydrogen-bond acceptors (Lipinski definition) is 4. The number of carbonyl (C=O) groups excluding carboxylic acids is 1. The van der Waals surface area contributed by atoms with Crippen LogP contribution in [0.5, 0.6) is 0 Å². The number of nitrogens with two attached hydrogens (primary N) is 2. The van der Waals surface area contributed by atoms with Crippen LogP contribution >= 0.6 is 23.2 Å². The zero-order valence-electron chi connectivity index (χ0n) is 14.2. The Labute approximate surface area is 164 Å². The molecule has 1 saturated carbocycles. The maximum Gasteiger partial charge on any atom is 0.267 e. The normalized spacial score (nSPS) is 15.1. The average Bonchev–Trinajstić information content (AvgIpc) is 3.49. The molecule has 0 unspecified atom stereocenters. The first-order valence-corrected chi connectivity index (χ1v) is 9.20. The number of amides is 1. The van der Waals surface area contributed by atoms with Gasteiger partial charge in [0.2, 0.25) is 5.91 Å². The largest absolute Gasteiger partial charge is 0.366 e. The van der Waals surface area contributed by atoms with Gasteiger partial charge in [-0.2, -0.15) is 0 Å². The lowest BCUT2D eigenvalue weighted by Crippen LogP contribution is -2.30. The molecular weight excluding hydrogens is 387 g/mol. The van der Waals surface area contributed by atoms with Crippen molar-refractivity contribution in [3.05, 3.63) is 68.2 Å². The minimum Gasteiger partial charge on any atom is -0.366 e. The number of fused-ring (bicyclic) bond motifs is 1. The van der Waals surface area contributed by atoms with E-state index in [1.54, 1.807) is 36.4 Å². The predicted octanol–water partition coefficient (Wildman–Crippen LogP) is 3.20. The van der Waals surface area contributed by atoms with Crippen LogP contribution in [0.4, 0.5) is 0 Å². The van der Waals surface area contributed by atoms with Crippen LogP contribution in [0.1, 0.15) is 35.1 Å². The molecule has 2 aromatic carbocycles. The van der Waals surface area contributed by atoms with Gasteiger partial charge in [0.1, 0.15) is 5.82 Å². The van der Waals surface area contributed by atoms with Crippen LogP contribution in [-0.2, 0) is 0 Å². The van der Waals surface area contributed by atoms with Gasteiger partial charge in [0, 0.05) is 5.56 Å². The minimum atomic E-state index is -0.590. The molecule has 1 heterocycles. The van der Waals surface area contributed by atoms with Gasteiger partial charge >= 0.3 is 0 Å². The molecule has 8 heteroatoms. The first-order chi connectivity index (χ1) is 12.9. The fourth-order valence-electron chi connectivity index (χ4n) is 3.17. The topological polar surface area (TPSA) is 104 Å². The highest BCUT2D eigenvalue weighted by Gasteiger charge is 2.33. The van der Waals surface area contributed by atoms with E-state index in [0.717, 1.165) is 12.8 Å². The molecule has 3 aromatic rings. The monoisotopic (exact) mass is 402 g/mol. The first-order valence-electron chi connectivity index (χ1n) is 8.45. The van der Waals surface area contributed by atoms with Gasteiger partial charge in [-0.1, -0.05) is 29.3 Å². The molecule has 1 aliphatic rings. The highest BCUT2D eigenvalue weighted by molar-refractivity contribution is 6.39. The molecule has 1 aliphatic carbocycles. The van der Waals surface area contributed by atoms with Crippen LogP contribution in [0.25, 0.3) is 16.6 Å². The van der Waals surface area contributed by atoms with Gasteiger partial charge in [0.05, 0.1) is 32.7 Å². The highest BCUT2D eigenvalue weighted by atomic mass is 35.5. The van der Waals surface area contributed by atoms with Crippen LogP contribution in [0, 0.1) is 5.92 Å². The van der Waals surface area contributed by atoms with E-state index in [9.17, 15) is 9.59 Å². The molecule has 1 amide bonds. The van der Waals surface area contributed by atoms with Gasteiger partial charge in [-0.25, -0.2) is 4.98 Å². The molecule has 138 valence electrons. The summed E-state index contributed by atoms with van der Waals surface area (Å²) in [6.07, 6.45) is 1.94. The molecule has 1 fully saturated rings. The Hall–Kier alpha value is -2.41. The minimum absolute atomic E-state index is 0.209. The quantitative estimate of drug-likeness (QED) is 0.698. The van der Waals surface area contributed by atoms with Crippen LogP contribution in [0.2, 0.25) is 10.0 Å². The molecule has 0 radical (unpaired) electrons. The molecule has 4 rings (SSSR count). The molecule has 27 heavy (non-hydrogen) atoms. The van der Waals surface area contributed by atoms with E-state index in [4.69, 9.17) is 34.7 Å². The second kappa shape index (κ2) is 6.64. The lowest BCUT2D eigenvalue weighted by Gasteiger charge is -2.19. The second-order valence-corrected chi connectivity index (χ2v) is 7.46. The van der Waals surface area contributed by atoms with Gasteiger partial charge in [-0.3, -0.25) is 14.2 Å². The Morgan fingerprint density at radius 3 is 2.56 bits per heavy atom. The van der Waals surface area contributed by atoms with E-state index in [1.165, 1.54) is 4.57 Å². The van der Waals surface area contributed by atoms with Gasteiger partial charge in [-0.05, 0) is 49.1 Å². The van der Waals surface area contributed by atoms with Crippen molar-refractivity contribution < 1.29 is 4.79 Å². The summed E-state index contributed by atoms with van der Waals surface area (Å²) in [5.74, 6) is 0.0476. The molecule has 0 bridgehead atoms. The third-order valence-corrected chi connectivity index (χ3v) is 5.39. The maximum atomic E-state index is 13.4. The summed E-state index contributed by atoms with van der Waals surface area (Å²) in [5.41, 5.74) is 12.4. The van der Waals surface area contributed by atoms with E-state index in [0.29, 0.717) is 22.1 Å². The zero-order chi connectivity index (χ0) is 19.3. The van der Waals surface area contributed by atoms with Crippen LogP contribution in [0.3, 0.4) is 0 Å². The summed E-state index contributed by atoms with van der Waals surface area (Å²) in [7, 11) is 0. The zero-order valence-corrected chi connectivity index (χ0v) is 15.7. The van der Waals surface area contributed by atoms with Crippen molar-refractivity contribution in [1.29, 1.82) is 0 Å². The fraction of sp³-hybridized carbons (Fsp3) is 0.211. The van der Waals surface area contributed by atoms with Gasteiger partial charge < -0.3 is 11.5 Å². The van der Waals surface area contributed by atoms with E-state index >= 15 is 0 Å². The molecule has 0 saturated heterocycles. The summed E-state index contributed by atoms with van der Waals surface area (Å²) in [6, 6.07) is 9.19. The maximum absolute atomic E-state index is 13.4. The Morgan fingerprint density at radius 2 is 1.89 bits per heavy atom. The lowest BCUT2D eigenvalue weighted by molar-refractivity contribution is 0.1000. The summed E-state index contributed by atoms with van der Waals surface area (Å²) in [5, 5.41) is 0.785. The van der Waals surface area contributed by atoms with Gasteiger partial charge in [0.15, 0.2) is 0 Å². The SMILES string of the molecule is NC(=O)c1cccc(-n2c([C@@H](N)C3CC3)nc3c(Cl)ccc(Cl)c3c2=O)c1. The fourth-order valence-corrected chi connectivity index (χ4v) is 3.60. The van der Waals surface area contributed by atoms with Crippen LogP contribution < -0.4 is 17.0 Å². The number of nitrogens with zero attached hydrogens (tertiary/aromatic N) is 2. The smallest absolute Gasteiger partial charge is 0.267 e. The Morgan fingerprint density at radius 1 is 1.19 bits per heavy atom. The molecule has 1 atom stereocenters. The van der Waals surface area contributed by atoms with E-state index in [-0.39, 0.29) is 27.4 Å². The number of benzene rings is 2. The standard InChI is InChI=1S/C19H16Cl2N4O2/c20-12-6-7-13(21)16-14(12)19(27)25(18(24-16)15(22)9-4-5-9)11-3-1-2-10(8-11)17(23)26/h1-3,6-9,15H,4-5,22H2,(H2,23,26)/t15-/m0/s1. The number of hydrogen-bond donors (Lipinski definition) is 2. The van der Waals surface area contributed by atoms with Crippen molar-refractivity contribution in [3.8, 4) is 5.69 Å². The highest BCUT2D eigenvalue weighted by Crippen LogP contribution is 2.40. The van der Waals surface area contributed by atoms with Crippen LogP contribution in [0.15, 0.2) is 41.2 Å². The summed E-state index contributed by atoms with van der Waals surface area (Å²) >= 11 is 12.5. The summed E-state index contributed by atoms with van der Waals surface area (Å²) < 4.78 is 1.40. The molecule has 1 aromatic heterocycles.